The average Bonchev–Trinajstić information content (AvgIpc) is 3.23. The number of hydrogen-bond acceptors (Lipinski definition) is 6. The summed E-state index contributed by atoms with van der Waals surface area (Å²) in [7, 11) is 0. The second kappa shape index (κ2) is 6.85. The Morgan fingerprint density at radius 3 is 3.09 bits per heavy atom. The molecular formula is C15H19N3O2S2. The second-order valence-corrected chi connectivity index (χ2v) is 7.58. The van der Waals surface area contributed by atoms with Gasteiger partial charge in [-0.15, -0.1) is 16.4 Å². The number of thiophene rings is 1. The van der Waals surface area contributed by atoms with Crippen LogP contribution in [0.25, 0.3) is 0 Å². The fraction of sp³-hybridized carbons (Fsp3) is 0.533. The number of nitrogens with zero attached hydrogens (tertiary/aromatic N) is 2. The number of hydrogen-bond donors (Lipinski definition) is 1. The molecule has 1 fully saturated rings. The zero-order chi connectivity index (χ0) is 15.5. The lowest BCUT2D eigenvalue weighted by Gasteiger charge is -2.06. The summed E-state index contributed by atoms with van der Waals surface area (Å²) in [5.41, 5.74) is 0.969. The summed E-state index contributed by atoms with van der Waals surface area (Å²) in [5.74, 6) is 0.274. The van der Waals surface area contributed by atoms with E-state index in [9.17, 15) is 4.79 Å². The zero-order valence-corrected chi connectivity index (χ0v) is 14.3. The van der Waals surface area contributed by atoms with Gasteiger partial charge in [-0.1, -0.05) is 18.3 Å². The van der Waals surface area contributed by atoms with Crippen LogP contribution in [-0.4, -0.2) is 22.1 Å². The first kappa shape index (κ1) is 15.6. The van der Waals surface area contributed by atoms with E-state index in [1.165, 1.54) is 22.9 Å². The SMILES string of the molecule is CC(C)c1nnsc1CNC(=O)c1ccc(C2CCCO2)s1. The predicted molar refractivity (Wildman–Crippen MR) is 87.4 cm³/mol. The smallest absolute Gasteiger partial charge is 0.261 e. The van der Waals surface area contributed by atoms with Gasteiger partial charge in [0, 0.05) is 11.5 Å². The minimum Gasteiger partial charge on any atom is -0.373 e. The van der Waals surface area contributed by atoms with E-state index in [4.69, 9.17) is 4.74 Å². The minimum absolute atomic E-state index is 0.0441. The van der Waals surface area contributed by atoms with Gasteiger partial charge in [0.25, 0.3) is 5.91 Å². The van der Waals surface area contributed by atoms with E-state index in [0.717, 1.165) is 39.8 Å². The van der Waals surface area contributed by atoms with E-state index < -0.39 is 0 Å². The predicted octanol–water partition coefficient (Wildman–Crippen LogP) is 3.50. The molecule has 0 aliphatic carbocycles. The van der Waals surface area contributed by atoms with Gasteiger partial charge >= 0.3 is 0 Å². The van der Waals surface area contributed by atoms with Gasteiger partial charge in [-0.25, -0.2) is 0 Å². The summed E-state index contributed by atoms with van der Waals surface area (Å²) in [6.07, 6.45) is 2.32. The molecule has 0 spiro atoms. The van der Waals surface area contributed by atoms with Gasteiger partial charge in [0.2, 0.25) is 0 Å². The van der Waals surface area contributed by atoms with Crippen molar-refractivity contribution in [2.24, 2.45) is 0 Å². The fourth-order valence-electron chi connectivity index (χ4n) is 2.47. The monoisotopic (exact) mass is 337 g/mol. The van der Waals surface area contributed by atoms with E-state index in [0.29, 0.717) is 12.5 Å². The lowest BCUT2D eigenvalue weighted by Crippen LogP contribution is -2.22. The summed E-state index contributed by atoms with van der Waals surface area (Å²) in [5, 5.41) is 7.09. The van der Waals surface area contributed by atoms with Gasteiger partial charge in [0.05, 0.1) is 28.1 Å². The van der Waals surface area contributed by atoms with E-state index in [1.807, 2.05) is 12.1 Å². The molecule has 5 nitrogen and oxygen atoms in total. The molecule has 2 aromatic heterocycles. The van der Waals surface area contributed by atoms with Gasteiger partial charge < -0.3 is 10.1 Å². The van der Waals surface area contributed by atoms with Crippen molar-refractivity contribution in [3.05, 3.63) is 32.5 Å². The van der Waals surface area contributed by atoms with Crippen molar-refractivity contribution in [1.82, 2.24) is 14.9 Å². The van der Waals surface area contributed by atoms with Crippen LogP contribution in [0.3, 0.4) is 0 Å². The first-order valence-electron chi connectivity index (χ1n) is 7.46. The Balaban J connectivity index is 1.61. The number of rotatable bonds is 5. The normalized spacial score (nSPS) is 18.0. The van der Waals surface area contributed by atoms with E-state index in [1.54, 1.807) is 0 Å². The summed E-state index contributed by atoms with van der Waals surface area (Å²) in [4.78, 5) is 15.2. The van der Waals surface area contributed by atoms with Crippen LogP contribution in [0.15, 0.2) is 12.1 Å². The zero-order valence-electron chi connectivity index (χ0n) is 12.7. The lowest BCUT2D eigenvalue weighted by atomic mass is 10.1. The van der Waals surface area contributed by atoms with E-state index >= 15 is 0 Å². The molecule has 3 heterocycles. The number of nitrogens with one attached hydrogen (secondary N) is 1. The van der Waals surface area contributed by atoms with Crippen LogP contribution in [0.4, 0.5) is 0 Å². The Labute approximate surface area is 137 Å². The quantitative estimate of drug-likeness (QED) is 0.907. The summed E-state index contributed by atoms with van der Waals surface area (Å²) >= 11 is 2.87. The molecule has 1 unspecified atom stereocenters. The van der Waals surface area contributed by atoms with Crippen molar-refractivity contribution >= 4 is 28.8 Å². The van der Waals surface area contributed by atoms with Crippen molar-refractivity contribution in [2.75, 3.05) is 6.61 Å². The molecule has 2 aromatic rings. The maximum atomic E-state index is 12.3. The first-order valence-corrected chi connectivity index (χ1v) is 9.05. The topological polar surface area (TPSA) is 64.1 Å². The number of ether oxygens (including phenoxy) is 1. The average molecular weight is 337 g/mol. The Morgan fingerprint density at radius 1 is 1.50 bits per heavy atom. The minimum atomic E-state index is -0.0441. The molecule has 1 aliphatic heterocycles. The highest BCUT2D eigenvalue weighted by Crippen LogP contribution is 2.33. The van der Waals surface area contributed by atoms with E-state index in [-0.39, 0.29) is 12.0 Å². The molecule has 1 saturated heterocycles. The molecule has 118 valence electrons. The number of aromatic nitrogens is 2. The van der Waals surface area contributed by atoms with Crippen LogP contribution in [0.2, 0.25) is 0 Å². The number of amides is 1. The highest BCUT2D eigenvalue weighted by atomic mass is 32.1. The second-order valence-electron chi connectivity index (χ2n) is 5.62. The molecule has 22 heavy (non-hydrogen) atoms. The highest BCUT2D eigenvalue weighted by molar-refractivity contribution is 7.14. The van der Waals surface area contributed by atoms with Gasteiger partial charge in [0.15, 0.2) is 0 Å². The van der Waals surface area contributed by atoms with Crippen molar-refractivity contribution < 1.29 is 9.53 Å². The molecule has 0 bridgehead atoms. The molecule has 1 atom stereocenters. The third-order valence-corrected chi connectivity index (χ3v) is 5.55. The molecule has 1 amide bonds. The third kappa shape index (κ3) is 3.37. The largest absolute Gasteiger partial charge is 0.373 e. The van der Waals surface area contributed by atoms with Crippen LogP contribution in [-0.2, 0) is 11.3 Å². The van der Waals surface area contributed by atoms with Crippen LogP contribution in [0.5, 0.6) is 0 Å². The van der Waals surface area contributed by atoms with Gasteiger partial charge in [0.1, 0.15) is 0 Å². The standard InChI is InChI=1S/C15H19N3O2S2/c1-9(2)14-13(22-18-17-14)8-16-15(19)12-6-5-11(21-12)10-4-3-7-20-10/h5-6,9-10H,3-4,7-8H2,1-2H3,(H,16,19). The van der Waals surface area contributed by atoms with Crippen molar-refractivity contribution in [2.45, 2.75) is 45.3 Å². The van der Waals surface area contributed by atoms with E-state index in [2.05, 4.69) is 28.8 Å². The third-order valence-electron chi connectivity index (χ3n) is 3.64. The Kier molecular flexibility index (Phi) is 4.85. The highest BCUT2D eigenvalue weighted by Gasteiger charge is 2.21. The molecule has 1 N–H and O–H groups in total. The van der Waals surface area contributed by atoms with Crippen LogP contribution >= 0.6 is 22.9 Å². The van der Waals surface area contributed by atoms with Gasteiger partial charge in [-0.2, -0.15) is 0 Å². The molecule has 0 aromatic carbocycles. The molecule has 1 aliphatic rings. The molecule has 0 saturated carbocycles. The maximum absolute atomic E-state index is 12.3. The number of carbonyl (C=O) groups is 1. The maximum Gasteiger partial charge on any atom is 0.261 e. The Morgan fingerprint density at radius 2 is 2.36 bits per heavy atom. The fourth-order valence-corrected chi connectivity index (χ4v) is 4.22. The van der Waals surface area contributed by atoms with Crippen molar-refractivity contribution in [3.63, 3.8) is 0 Å². The van der Waals surface area contributed by atoms with Crippen molar-refractivity contribution in [1.29, 1.82) is 0 Å². The molecule has 0 radical (unpaired) electrons. The first-order chi connectivity index (χ1) is 10.6. The van der Waals surface area contributed by atoms with Crippen LogP contribution in [0.1, 0.15) is 63.8 Å². The lowest BCUT2D eigenvalue weighted by molar-refractivity contribution is 0.0955. The van der Waals surface area contributed by atoms with Crippen molar-refractivity contribution in [3.8, 4) is 0 Å². The Bertz CT molecular complexity index is 645. The van der Waals surface area contributed by atoms with Gasteiger partial charge in [-0.3, -0.25) is 4.79 Å². The molecular weight excluding hydrogens is 318 g/mol. The molecule has 3 rings (SSSR count). The van der Waals surface area contributed by atoms with Crippen LogP contribution < -0.4 is 5.32 Å². The van der Waals surface area contributed by atoms with Gasteiger partial charge in [-0.05, 0) is 42.4 Å². The summed E-state index contributed by atoms with van der Waals surface area (Å²) in [6, 6.07) is 3.88. The number of carbonyl (C=O) groups excluding carboxylic acids is 1. The molecule has 7 heteroatoms. The van der Waals surface area contributed by atoms with Crippen LogP contribution in [0, 0.1) is 0 Å². The summed E-state index contributed by atoms with van der Waals surface area (Å²) < 4.78 is 9.63. The summed E-state index contributed by atoms with van der Waals surface area (Å²) in [6.45, 7) is 5.46. The Hall–Kier alpha value is -1.31.